The van der Waals surface area contributed by atoms with Crippen molar-refractivity contribution < 1.29 is 19.1 Å². The summed E-state index contributed by atoms with van der Waals surface area (Å²) in [5, 5.41) is 5.55. The van der Waals surface area contributed by atoms with Crippen molar-refractivity contribution in [2.75, 3.05) is 20.8 Å². The highest BCUT2D eigenvalue weighted by Crippen LogP contribution is 2.28. The molecule has 148 valence electrons. The fourth-order valence-corrected chi connectivity index (χ4v) is 2.53. The molecule has 2 amide bonds. The molecule has 0 fully saturated rings. The Morgan fingerprint density at radius 2 is 1.71 bits per heavy atom. The molecule has 0 heterocycles. The van der Waals surface area contributed by atoms with E-state index in [2.05, 4.69) is 10.6 Å². The monoisotopic (exact) mass is 382 g/mol. The van der Waals surface area contributed by atoms with E-state index in [1.165, 1.54) is 0 Å². The maximum absolute atomic E-state index is 12.6. The summed E-state index contributed by atoms with van der Waals surface area (Å²) in [7, 11) is 3.10. The van der Waals surface area contributed by atoms with Crippen LogP contribution in [0.2, 0.25) is 0 Å². The van der Waals surface area contributed by atoms with Crippen LogP contribution >= 0.6 is 0 Å². The van der Waals surface area contributed by atoms with Gasteiger partial charge in [0, 0.05) is 12.1 Å². The largest absolute Gasteiger partial charge is 0.493 e. The number of nitrogens with one attached hydrogen (secondary N) is 2. The molecule has 6 nitrogen and oxygen atoms in total. The third kappa shape index (κ3) is 5.87. The first-order chi connectivity index (χ1) is 13.6. The lowest BCUT2D eigenvalue weighted by molar-refractivity contribution is -0.117. The first-order valence-electron chi connectivity index (χ1n) is 9.17. The lowest BCUT2D eigenvalue weighted by atomic mass is 10.1. The first-order valence-corrected chi connectivity index (χ1v) is 9.17. The Labute approximate surface area is 165 Å². The zero-order valence-electron chi connectivity index (χ0n) is 16.5. The standard InChI is InChI=1S/C22H26N2O4/c1-4-5-13-23-22(26)18(24-21(25)17-9-7-6-8-10-17)14-16-11-12-19(27-2)20(15-16)28-3/h6-12,14-15H,4-5,13H2,1-3H3,(H,23,26)(H,24,25). The van der Waals surface area contributed by atoms with Crippen LogP contribution in [-0.2, 0) is 4.79 Å². The Hall–Kier alpha value is -3.28. The predicted molar refractivity (Wildman–Crippen MR) is 109 cm³/mol. The molecule has 0 aliphatic carbocycles. The molecule has 0 saturated carbocycles. The highest BCUT2D eigenvalue weighted by atomic mass is 16.5. The Bertz CT molecular complexity index is 832. The molecule has 6 heteroatoms. The normalized spacial score (nSPS) is 10.9. The Balaban J connectivity index is 2.30. The number of carbonyl (C=O) groups is 2. The lowest BCUT2D eigenvalue weighted by Gasteiger charge is -2.12. The average Bonchev–Trinajstić information content (AvgIpc) is 2.73. The third-order valence-electron chi connectivity index (χ3n) is 4.06. The number of methoxy groups -OCH3 is 2. The molecule has 28 heavy (non-hydrogen) atoms. The summed E-state index contributed by atoms with van der Waals surface area (Å²) in [4.78, 5) is 25.1. The number of rotatable bonds is 9. The summed E-state index contributed by atoms with van der Waals surface area (Å²) in [5.74, 6) is 0.434. The Morgan fingerprint density at radius 3 is 2.36 bits per heavy atom. The number of benzene rings is 2. The van der Waals surface area contributed by atoms with Crippen molar-refractivity contribution in [3.63, 3.8) is 0 Å². The maximum Gasteiger partial charge on any atom is 0.267 e. The molecule has 0 aromatic heterocycles. The van der Waals surface area contributed by atoms with Crippen molar-refractivity contribution in [1.82, 2.24) is 10.6 Å². The van der Waals surface area contributed by atoms with Gasteiger partial charge in [-0.15, -0.1) is 0 Å². The van der Waals surface area contributed by atoms with Gasteiger partial charge in [-0.05, 0) is 42.3 Å². The molecule has 0 unspecified atom stereocenters. The fourth-order valence-electron chi connectivity index (χ4n) is 2.53. The van der Waals surface area contributed by atoms with Crippen LogP contribution in [0, 0.1) is 0 Å². The van der Waals surface area contributed by atoms with Gasteiger partial charge in [-0.25, -0.2) is 0 Å². The molecule has 2 aromatic carbocycles. The van der Waals surface area contributed by atoms with E-state index >= 15 is 0 Å². The van der Waals surface area contributed by atoms with Crippen LogP contribution in [0.1, 0.15) is 35.7 Å². The van der Waals surface area contributed by atoms with E-state index in [9.17, 15) is 9.59 Å². The van der Waals surface area contributed by atoms with Gasteiger partial charge in [0.15, 0.2) is 11.5 Å². The van der Waals surface area contributed by atoms with E-state index < -0.39 is 0 Å². The van der Waals surface area contributed by atoms with Gasteiger partial charge in [0.25, 0.3) is 11.8 Å². The van der Waals surface area contributed by atoms with Crippen LogP contribution in [0.4, 0.5) is 0 Å². The van der Waals surface area contributed by atoms with E-state index in [4.69, 9.17) is 9.47 Å². The van der Waals surface area contributed by atoms with Crippen molar-refractivity contribution in [1.29, 1.82) is 0 Å². The number of unbranched alkanes of at least 4 members (excludes halogenated alkanes) is 1. The molecule has 0 saturated heterocycles. The van der Waals surface area contributed by atoms with Gasteiger partial charge in [0.05, 0.1) is 14.2 Å². The quantitative estimate of drug-likeness (QED) is 0.515. The summed E-state index contributed by atoms with van der Waals surface area (Å²) < 4.78 is 10.5. The van der Waals surface area contributed by atoms with Crippen LogP contribution in [0.15, 0.2) is 54.2 Å². The first kappa shape index (κ1) is 21.0. The zero-order valence-corrected chi connectivity index (χ0v) is 16.5. The SMILES string of the molecule is CCCCNC(=O)C(=Cc1ccc(OC)c(OC)c1)NC(=O)c1ccccc1. The van der Waals surface area contributed by atoms with Gasteiger partial charge in [-0.3, -0.25) is 9.59 Å². The van der Waals surface area contributed by atoms with Crippen LogP contribution < -0.4 is 20.1 Å². The van der Waals surface area contributed by atoms with Crippen molar-refractivity contribution in [2.45, 2.75) is 19.8 Å². The fraction of sp³-hybridized carbons (Fsp3) is 0.273. The summed E-state index contributed by atoms with van der Waals surface area (Å²) in [6.45, 7) is 2.59. The van der Waals surface area contributed by atoms with Crippen molar-refractivity contribution in [3.05, 3.63) is 65.4 Å². The molecule has 0 atom stereocenters. The molecular formula is C22H26N2O4. The topological polar surface area (TPSA) is 76.7 Å². The molecule has 0 aliphatic rings. The number of carbonyl (C=O) groups excluding carboxylic acids is 2. The van der Waals surface area contributed by atoms with Crippen molar-refractivity contribution in [3.8, 4) is 11.5 Å². The van der Waals surface area contributed by atoms with E-state index in [1.54, 1.807) is 62.8 Å². The van der Waals surface area contributed by atoms with Gasteiger partial charge in [-0.1, -0.05) is 37.6 Å². The second-order valence-corrected chi connectivity index (χ2v) is 6.10. The minimum absolute atomic E-state index is 0.164. The molecule has 0 spiro atoms. The van der Waals surface area contributed by atoms with Gasteiger partial charge < -0.3 is 20.1 Å². The summed E-state index contributed by atoms with van der Waals surface area (Å²) in [6.07, 6.45) is 3.44. The number of ether oxygens (including phenoxy) is 2. The zero-order chi connectivity index (χ0) is 20.4. The van der Waals surface area contributed by atoms with E-state index in [0.717, 1.165) is 12.8 Å². The van der Waals surface area contributed by atoms with Crippen LogP contribution in [-0.4, -0.2) is 32.6 Å². The summed E-state index contributed by atoms with van der Waals surface area (Å²) >= 11 is 0. The molecule has 0 bridgehead atoms. The highest BCUT2D eigenvalue weighted by Gasteiger charge is 2.15. The average molecular weight is 382 g/mol. The van der Waals surface area contributed by atoms with Crippen molar-refractivity contribution >= 4 is 17.9 Å². The highest BCUT2D eigenvalue weighted by molar-refractivity contribution is 6.05. The molecular weight excluding hydrogens is 356 g/mol. The predicted octanol–water partition coefficient (Wildman–Crippen LogP) is 3.39. The Kier molecular flexibility index (Phi) is 8.09. The second kappa shape index (κ2) is 10.8. The van der Waals surface area contributed by atoms with Gasteiger partial charge in [0.1, 0.15) is 5.70 Å². The van der Waals surface area contributed by atoms with Crippen LogP contribution in [0.25, 0.3) is 6.08 Å². The van der Waals surface area contributed by atoms with E-state index in [-0.39, 0.29) is 17.5 Å². The smallest absolute Gasteiger partial charge is 0.267 e. The summed E-state index contributed by atoms with van der Waals surface area (Å²) in [5.41, 5.74) is 1.34. The van der Waals surface area contributed by atoms with E-state index in [1.807, 2.05) is 13.0 Å². The molecule has 2 rings (SSSR count). The van der Waals surface area contributed by atoms with E-state index in [0.29, 0.717) is 29.2 Å². The number of hydrogen-bond acceptors (Lipinski definition) is 4. The molecule has 0 radical (unpaired) electrons. The van der Waals surface area contributed by atoms with Gasteiger partial charge in [-0.2, -0.15) is 0 Å². The molecule has 2 aromatic rings. The molecule has 2 N–H and O–H groups in total. The van der Waals surface area contributed by atoms with Crippen LogP contribution in [0.3, 0.4) is 0 Å². The minimum atomic E-state index is -0.349. The third-order valence-corrected chi connectivity index (χ3v) is 4.06. The van der Waals surface area contributed by atoms with Gasteiger partial charge >= 0.3 is 0 Å². The van der Waals surface area contributed by atoms with Crippen molar-refractivity contribution in [2.24, 2.45) is 0 Å². The summed E-state index contributed by atoms with van der Waals surface area (Å²) in [6, 6.07) is 14.0. The number of hydrogen-bond donors (Lipinski definition) is 2. The van der Waals surface area contributed by atoms with Gasteiger partial charge in [0.2, 0.25) is 0 Å². The molecule has 0 aliphatic heterocycles. The number of amides is 2. The minimum Gasteiger partial charge on any atom is -0.493 e. The lowest BCUT2D eigenvalue weighted by Crippen LogP contribution is -2.35. The Morgan fingerprint density at radius 1 is 1.00 bits per heavy atom. The van der Waals surface area contributed by atoms with Crippen LogP contribution in [0.5, 0.6) is 11.5 Å². The maximum atomic E-state index is 12.6. The second-order valence-electron chi connectivity index (χ2n) is 6.10.